The normalized spacial score (nSPS) is 21.7. The summed E-state index contributed by atoms with van der Waals surface area (Å²) in [6, 6.07) is 2.11. The fourth-order valence-corrected chi connectivity index (χ4v) is 3.19. The zero-order valence-electron chi connectivity index (χ0n) is 12.8. The van der Waals surface area contributed by atoms with Gasteiger partial charge in [0.1, 0.15) is 0 Å². The van der Waals surface area contributed by atoms with Crippen LogP contribution in [0, 0.1) is 5.41 Å². The van der Waals surface area contributed by atoms with E-state index in [1.54, 1.807) is 0 Å². The number of aromatic nitrogens is 1. The van der Waals surface area contributed by atoms with Gasteiger partial charge in [0.15, 0.2) is 0 Å². The highest BCUT2D eigenvalue weighted by Crippen LogP contribution is 2.40. The minimum atomic E-state index is -0.284. The topological polar surface area (TPSA) is 28.4 Å². The zero-order valence-corrected chi connectivity index (χ0v) is 12.8. The monoisotopic (exact) mass is 264 g/mol. The Bertz CT molecular complexity index is 418. The molecule has 0 aliphatic heterocycles. The molecule has 0 bridgehead atoms. The summed E-state index contributed by atoms with van der Waals surface area (Å²) < 4.78 is 2.35. The third kappa shape index (κ3) is 3.21. The molecule has 19 heavy (non-hydrogen) atoms. The summed E-state index contributed by atoms with van der Waals surface area (Å²) in [4.78, 5) is 2.44. The molecule has 0 aromatic carbocycles. The van der Waals surface area contributed by atoms with Gasteiger partial charge in [-0.15, -0.1) is 0 Å². The van der Waals surface area contributed by atoms with Crippen LogP contribution in [0.1, 0.15) is 51.5 Å². The maximum absolute atomic E-state index is 10.3. The molecule has 1 aliphatic rings. The first-order chi connectivity index (χ1) is 8.96. The van der Waals surface area contributed by atoms with Crippen LogP contribution < -0.4 is 0 Å². The van der Waals surface area contributed by atoms with Crippen LogP contribution in [-0.4, -0.2) is 34.2 Å². The third-order valence-corrected chi connectivity index (χ3v) is 4.42. The number of nitrogens with zero attached hydrogens (tertiary/aromatic N) is 2. The third-order valence-electron chi connectivity index (χ3n) is 4.42. The van der Waals surface area contributed by atoms with Crippen molar-refractivity contribution >= 4 is 0 Å². The molecule has 0 spiro atoms. The highest BCUT2D eigenvalue weighted by Gasteiger charge is 2.33. The van der Waals surface area contributed by atoms with E-state index in [0.717, 1.165) is 44.6 Å². The Kier molecular flexibility index (Phi) is 4.36. The van der Waals surface area contributed by atoms with Crippen LogP contribution in [0.3, 0.4) is 0 Å². The molecule has 2 rings (SSSR count). The van der Waals surface area contributed by atoms with Gasteiger partial charge in [0.2, 0.25) is 0 Å². The molecule has 1 aliphatic carbocycles. The van der Waals surface area contributed by atoms with Crippen LogP contribution in [0.4, 0.5) is 0 Å². The molecule has 3 nitrogen and oxygen atoms in total. The molecule has 1 heterocycles. The van der Waals surface area contributed by atoms with Gasteiger partial charge in [0, 0.05) is 30.5 Å². The van der Waals surface area contributed by atoms with Crippen LogP contribution in [0.2, 0.25) is 0 Å². The standard InChI is InChI=1S/C16H28N2O/c1-5-17(6-2)9-10-18-8-7-13-14(18)11-16(3,4)12-15(13)19/h7-8,15,19H,5-6,9-12H2,1-4H3. The molecule has 108 valence electrons. The van der Waals surface area contributed by atoms with E-state index in [1.165, 1.54) is 5.69 Å². The molecule has 1 atom stereocenters. The van der Waals surface area contributed by atoms with Gasteiger partial charge in [0.05, 0.1) is 6.10 Å². The Morgan fingerprint density at radius 3 is 2.68 bits per heavy atom. The summed E-state index contributed by atoms with van der Waals surface area (Å²) in [6.45, 7) is 13.2. The van der Waals surface area contributed by atoms with Crippen molar-refractivity contribution in [1.82, 2.24) is 9.47 Å². The fourth-order valence-electron chi connectivity index (χ4n) is 3.19. The Labute approximate surface area is 117 Å². The van der Waals surface area contributed by atoms with E-state index in [4.69, 9.17) is 0 Å². The second kappa shape index (κ2) is 5.68. The molecule has 0 amide bonds. The molecule has 1 N–H and O–H groups in total. The summed E-state index contributed by atoms with van der Waals surface area (Å²) in [5.74, 6) is 0. The first-order valence-corrected chi connectivity index (χ1v) is 7.55. The van der Waals surface area contributed by atoms with E-state index in [1.807, 2.05) is 0 Å². The van der Waals surface area contributed by atoms with Crippen LogP contribution in [0.5, 0.6) is 0 Å². The van der Waals surface area contributed by atoms with Gasteiger partial charge >= 0.3 is 0 Å². The number of likely N-dealkylation sites (N-methyl/N-ethyl adjacent to an activating group) is 1. The second-order valence-corrected chi connectivity index (χ2v) is 6.50. The van der Waals surface area contributed by atoms with E-state index in [9.17, 15) is 5.11 Å². The highest BCUT2D eigenvalue weighted by atomic mass is 16.3. The molecular weight excluding hydrogens is 236 g/mol. The summed E-state index contributed by atoms with van der Waals surface area (Å²) in [6.07, 6.45) is 3.82. The maximum atomic E-state index is 10.3. The van der Waals surface area contributed by atoms with Gasteiger partial charge in [-0.25, -0.2) is 0 Å². The molecular formula is C16H28N2O. The van der Waals surface area contributed by atoms with Crippen molar-refractivity contribution in [3.8, 4) is 0 Å². The van der Waals surface area contributed by atoms with Gasteiger partial charge in [-0.1, -0.05) is 27.7 Å². The number of rotatable bonds is 5. The lowest BCUT2D eigenvalue weighted by Gasteiger charge is -2.34. The highest BCUT2D eigenvalue weighted by molar-refractivity contribution is 5.29. The lowest BCUT2D eigenvalue weighted by molar-refractivity contribution is 0.0977. The molecule has 1 aromatic rings. The van der Waals surface area contributed by atoms with Crippen molar-refractivity contribution in [1.29, 1.82) is 0 Å². The summed E-state index contributed by atoms with van der Waals surface area (Å²) in [7, 11) is 0. The molecule has 0 saturated carbocycles. The number of fused-ring (bicyclic) bond motifs is 1. The van der Waals surface area contributed by atoms with Crippen molar-refractivity contribution in [2.75, 3.05) is 19.6 Å². The van der Waals surface area contributed by atoms with Crippen LogP contribution in [0.15, 0.2) is 12.3 Å². The lowest BCUT2D eigenvalue weighted by atomic mass is 9.75. The average Bonchev–Trinajstić information content (AvgIpc) is 2.72. The average molecular weight is 264 g/mol. The maximum Gasteiger partial charge on any atom is 0.0812 e. The molecule has 0 fully saturated rings. The van der Waals surface area contributed by atoms with E-state index in [2.05, 4.69) is 49.4 Å². The predicted molar refractivity (Wildman–Crippen MR) is 79.3 cm³/mol. The number of aliphatic hydroxyl groups excluding tert-OH is 1. The SMILES string of the molecule is CCN(CC)CCn1ccc2c1CC(C)(C)CC2O. The Balaban J connectivity index is 2.12. The predicted octanol–water partition coefficient (Wildman–Crippen LogP) is 2.84. The van der Waals surface area contributed by atoms with Gasteiger partial charge in [-0.3, -0.25) is 0 Å². The molecule has 1 unspecified atom stereocenters. The van der Waals surface area contributed by atoms with E-state index < -0.39 is 0 Å². The van der Waals surface area contributed by atoms with Crippen LogP contribution in [0.25, 0.3) is 0 Å². The summed E-state index contributed by atoms with van der Waals surface area (Å²) in [5, 5.41) is 10.3. The van der Waals surface area contributed by atoms with Crippen LogP contribution >= 0.6 is 0 Å². The Morgan fingerprint density at radius 2 is 2.05 bits per heavy atom. The summed E-state index contributed by atoms with van der Waals surface area (Å²) in [5.41, 5.74) is 2.70. The Morgan fingerprint density at radius 1 is 1.37 bits per heavy atom. The molecule has 1 aromatic heterocycles. The van der Waals surface area contributed by atoms with E-state index in [-0.39, 0.29) is 11.5 Å². The minimum absolute atomic E-state index is 0.206. The number of hydrogen-bond donors (Lipinski definition) is 1. The van der Waals surface area contributed by atoms with Crippen molar-refractivity contribution in [3.05, 3.63) is 23.5 Å². The fraction of sp³-hybridized carbons (Fsp3) is 0.750. The first-order valence-electron chi connectivity index (χ1n) is 7.55. The molecule has 0 saturated heterocycles. The van der Waals surface area contributed by atoms with Gasteiger partial charge in [-0.05, 0) is 37.4 Å². The van der Waals surface area contributed by atoms with E-state index >= 15 is 0 Å². The smallest absolute Gasteiger partial charge is 0.0812 e. The lowest BCUT2D eigenvalue weighted by Crippen LogP contribution is -2.30. The Hall–Kier alpha value is -0.800. The van der Waals surface area contributed by atoms with Gasteiger partial charge in [-0.2, -0.15) is 0 Å². The van der Waals surface area contributed by atoms with Crippen LogP contribution in [-0.2, 0) is 13.0 Å². The van der Waals surface area contributed by atoms with Gasteiger partial charge in [0.25, 0.3) is 0 Å². The quantitative estimate of drug-likeness (QED) is 0.886. The second-order valence-electron chi connectivity index (χ2n) is 6.50. The minimum Gasteiger partial charge on any atom is -0.388 e. The summed E-state index contributed by atoms with van der Waals surface area (Å²) >= 11 is 0. The van der Waals surface area contributed by atoms with Crippen molar-refractivity contribution < 1.29 is 5.11 Å². The number of aliphatic hydroxyl groups is 1. The molecule has 0 radical (unpaired) electrons. The van der Waals surface area contributed by atoms with Crippen molar-refractivity contribution in [2.45, 2.75) is 53.2 Å². The van der Waals surface area contributed by atoms with Crippen molar-refractivity contribution in [2.24, 2.45) is 5.41 Å². The largest absolute Gasteiger partial charge is 0.388 e. The van der Waals surface area contributed by atoms with Gasteiger partial charge < -0.3 is 14.6 Å². The number of hydrogen-bond acceptors (Lipinski definition) is 2. The first kappa shape index (κ1) is 14.6. The van der Waals surface area contributed by atoms with Crippen molar-refractivity contribution in [3.63, 3.8) is 0 Å². The molecule has 3 heteroatoms. The van der Waals surface area contributed by atoms with E-state index in [0.29, 0.717) is 0 Å². The zero-order chi connectivity index (χ0) is 14.0.